The molecule has 1 fully saturated rings. The standard InChI is InChI=1S/C29H24FN3O2S/c30-22-15-21(29(28(31)34)10-12-35-13-11-29)16-25(17-22)36-24-8-9-26-20(14-24)6-7-23-18-32-27(33(23)26)19-4-2-1-3-5-19/h1-9,14-18H,10-13H2,(H2,31,34). The summed E-state index contributed by atoms with van der Waals surface area (Å²) in [6.07, 6.45) is 2.79. The smallest absolute Gasteiger partial charge is 0.228 e. The first-order valence-electron chi connectivity index (χ1n) is 11.9. The topological polar surface area (TPSA) is 69.6 Å². The largest absolute Gasteiger partial charge is 0.381 e. The van der Waals surface area contributed by atoms with Gasteiger partial charge in [0.25, 0.3) is 0 Å². The summed E-state index contributed by atoms with van der Waals surface area (Å²) in [5, 5.41) is 1.05. The fourth-order valence-electron chi connectivity index (χ4n) is 5.07. The molecule has 7 heteroatoms. The molecule has 3 heterocycles. The molecule has 0 radical (unpaired) electrons. The van der Waals surface area contributed by atoms with Crippen LogP contribution in [0.4, 0.5) is 4.39 Å². The molecule has 6 rings (SSSR count). The molecule has 1 amide bonds. The maximum atomic E-state index is 14.7. The fraction of sp³-hybridized carbons (Fsp3) is 0.172. The zero-order valence-electron chi connectivity index (χ0n) is 19.5. The molecule has 180 valence electrons. The Morgan fingerprint density at radius 3 is 2.56 bits per heavy atom. The molecular weight excluding hydrogens is 473 g/mol. The second-order valence-corrected chi connectivity index (χ2v) is 10.2. The highest BCUT2D eigenvalue weighted by Crippen LogP contribution is 2.39. The lowest BCUT2D eigenvalue weighted by atomic mass is 9.73. The highest BCUT2D eigenvalue weighted by Gasteiger charge is 2.40. The Hall–Kier alpha value is -3.68. The summed E-state index contributed by atoms with van der Waals surface area (Å²) in [7, 11) is 0. The average molecular weight is 498 g/mol. The Morgan fingerprint density at radius 2 is 1.78 bits per heavy atom. The van der Waals surface area contributed by atoms with Gasteiger partial charge in [0.05, 0.1) is 22.6 Å². The number of carbonyl (C=O) groups is 1. The fourth-order valence-corrected chi connectivity index (χ4v) is 6.02. The summed E-state index contributed by atoms with van der Waals surface area (Å²) >= 11 is 1.46. The molecule has 0 spiro atoms. The van der Waals surface area contributed by atoms with E-state index >= 15 is 0 Å². The van der Waals surface area contributed by atoms with Crippen molar-refractivity contribution in [3.05, 3.63) is 96.4 Å². The number of amides is 1. The van der Waals surface area contributed by atoms with Crippen molar-refractivity contribution in [3.63, 3.8) is 0 Å². The third kappa shape index (κ3) is 3.94. The van der Waals surface area contributed by atoms with E-state index in [0.717, 1.165) is 37.6 Å². The number of aromatic nitrogens is 2. The van der Waals surface area contributed by atoms with Gasteiger partial charge in [-0.1, -0.05) is 48.2 Å². The van der Waals surface area contributed by atoms with Crippen molar-refractivity contribution in [2.45, 2.75) is 28.0 Å². The van der Waals surface area contributed by atoms with Crippen LogP contribution in [-0.2, 0) is 14.9 Å². The Kier molecular flexibility index (Phi) is 5.74. The molecule has 1 aliphatic heterocycles. The molecular formula is C29H24FN3O2S. The lowest BCUT2D eigenvalue weighted by Crippen LogP contribution is -2.45. The van der Waals surface area contributed by atoms with Gasteiger partial charge in [-0.3, -0.25) is 9.20 Å². The normalized spacial score (nSPS) is 15.4. The number of primary amides is 1. The van der Waals surface area contributed by atoms with Crippen molar-refractivity contribution in [2.24, 2.45) is 5.73 Å². The number of fused-ring (bicyclic) bond motifs is 3. The number of rotatable bonds is 5. The zero-order chi connectivity index (χ0) is 24.7. The minimum atomic E-state index is -0.903. The molecule has 1 saturated heterocycles. The molecule has 2 N–H and O–H groups in total. The first-order chi connectivity index (χ1) is 17.5. The zero-order valence-corrected chi connectivity index (χ0v) is 20.3. The molecule has 0 unspecified atom stereocenters. The second-order valence-electron chi connectivity index (χ2n) is 9.10. The maximum Gasteiger partial charge on any atom is 0.228 e. The van der Waals surface area contributed by atoms with Crippen LogP contribution in [0.2, 0.25) is 0 Å². The van der Waals surface area contributed by atoms with E-state index in [2.05, 4.69) is 45.8 Å². The number of pyridine rings is 1. The van der Waals surface area contributed by atoms with Crippen molar-refractivity contribution >= 4 is 34.1 Å². The lowest BCUT2D eigenvalue weighted by molar-refractivity contribution is -0.127. The SMILES string of the molecule is NC(=O)C1(c2cc(F)cc(Sc3ccc4c(ccc5cnc(-c6ccccc6)n54)c3)c2)CCOCC1. The summed E-state index contributed by atoms with van der Waals surface area (Å²) in [5.41, 5.74) is 8.64. The van der Waals surface area contributed by atoms with E-state index in [-0.39, 0.29) is 5.82 Å². The molecule has 2 aromatic heterocycles. The predicted octanol–water partition coefficient (Wildman–Crippen LogP) is 5.98. The van der Waals surface area contributed by atoms with Gasteiger partial charge in [0.1, 0.15) is 11.6 Å². The third-order valence-electron chi connectivity index (χ3n) is 6.97. The number of nitrogens with zero attached hydrogens (tertiary/aromatic N) is 2. The average Bonchev–Trinajstić information content (AvgIpc) is 3.34. The molecule has 3 aromatic carbocycles. The Balaban J connectivity index is 1.38. The number of imidazole rings is 1. The van der Waals surface area contributed by atoms with Crippen LogP contribution >= 0.6 is 11.8 Å². The molecule has 36 heavy (non-hydrogen) atoms. The van der Waals surface area contributed by atoms with Crippen LogP contribution in [0.5, 0.6) is 0 Å². The lowest BCUT2D eigenvalue weighted by Gasteiger charge is -2.34. The number of carbonyl (C=O) groups excluding carboxylic acids is 1. The van der Waals surface area contributed by atoms with Gasteiger partial charge in [-0.05, 0) is 66.3 Å². The minimum absolute atomic E-state index is 0.379. The first-order valence-corrected chi connectivity index (χ1v) is 12.7. The van der Waals surface area contributed by atoms with Crippen LogP contribution in [0, 0.1) is 5.82 Å². The molecule has 0 bridgehead atoms. The Labute approximate surface area is 212 Å². The van der Waals surface area contributed by atoms with E-state index in [9.17, 15) is 9.18 Å². The van der Waals surface area contributed by atoms with E-state index < -0.39 is 11.3 Å². The predicted molar refractivity (Wildman–Crippen MR) is 140 cm³/mol. The summed E-state index contributed by atoms with van der Waals surface area (Å²) in [4.78, 5) is 18.8. The molecule has 0 aliphatic carbocycles. The first kappa shape index (κ1) is 22.8. The van der Waals surface area contributed by atoms with Gasteiger partial charge < -0.3 is 10.5 Å². The molecule has 0 saturated carbocycles. The van der Waals surface area contributed by atoms with Crippen molar-refractivity contribution in [1.82, 2.24) is 9.38 Å². The number of hydrogen-bond acceptors (Lipinski definition) is 4. The molecule has 5 nitrogen and oxygen atoms in total. The van der Waals surface area contributed by atoms with E-state index in [1.165, 1.54) is 23.9 Å². The van der Waals surface area contributed by atoms with Crippen LogP contribution < -0.4 is 5.73 Å². The highest BCUT2D eigenvalue weighted by atomic mass is 32.2. The Morgan fingerprint density at radius 1 is 0.972 bits per heavy atom. The maximum absolute atomic E-state index is 14.7. The van der Waals surface area contributed by atoms with Crippen LogP contribution in [0.1, 0.15) is 18.4 Å². The molecule has 0 atom stereocenters. The van der Waals surface area contributed by atoms with E-state index in [1.54, 1.807) is 0 Å². The number of hydrogen-bond donors (Lipinski definition) is 1. The van der Waals surface area contributed by atoms with Crippen LogP contribution in [0.15, 0.2) is 94.9 Å². The van der Waals surface area contributed by atoms with Crippen LogP contribution in [-0.4, -0.2) is 28.5 Å². The van der Waals surface area contributed by atoms with Crippen molar-refractivity contribution in [2.75, 3.05) is 13.2 Å². The summed E-state index contributed by atoms with van der Waals surface area (Å²) in [6.45, 7) is 0.862. The second kappa shape index (κ2) is 9.08. The van der Waals surface area contributed by atoms with Gasteiger partial charge in [0, 0.05) is 28.6 Å². The summed E-state index contributed by atoms with van der Waals surface area (Å²) in [5.74, 6) is 0.0757. The van der Waals surface area contributed by atoms with Crippen molar-refractivity contribution < 1.29 is 13.9 Å². The third-order valence-corrected chi connectivity index (χ3v) is 7.93. The van der Waals surface area contributed by atoms with Gasteiger partial charge in [-0.2, -0.15) is 0 Å². The van der Waals surface area contributed by atoms with E-state index in [1.807, 2.05) is 36.5 Å². The number of ether oxygens (including phenoxy) is 1. The number of benzene rings is 3. The van der Waals surface area contributed by atoms with Crippen molar-refractivity contribution in [3.8, 4) is 11.4 Å². The quantitative estimate of drug-likeness (QED) is 0.324. The summed E-state index contributed by atoms with van der Waals surface area (Å²) < 4.78 is 22.3. The van der Waals surface area contributed by atoms with Crippen LogP contribution in [0.3, 0.4) is 0 Å². The van der Waals surface area contributed by atoms with Gasteiger partial charge in [-0.25, -0.2) is 9.37 Å². The van der Waals surface area contributed by atoms with Gasteiger partial charge >= 0.3 is 0 Å². The van der Waals surface area contributed by atoms with Crippen molar-refractivity contribution in [1.29, 1.82) is 0 Å². The minimum Gasteiger partial charge on any atom is -0.381 e. The number of halogens is 1. The molecule has 5 aromatic rings. The Bertz CT molecular complexity index is 1590. The monoisotopic (exact) mass is 497 g/mol. The van der Waals surface area contributed by atoms with E-state index in [0.29, 0.717) is 31.6 Å². The van der Waals surface area contributed by atoms with Gasteiger partial charge in [-0.15, -0.1) is 0 Å². The molecule has 1 aliphatic rings. The number of nitrogens with two attached hydrogens (primary N) is 1. The van der Waals surface area contributed by atoms with Gasteiger partial charge in [0.15, 0.2) is 0 Å². The highest BCUT2D eigenvalue weighted by molar-refractivity contribution is 7.99. The van der Waals surface area contributed by atoms with E-state index in [4.69, 9.17) is 10.5 Å². The van der Waals surface area contributed by atoms with Gasteiger partial charge in [0.2, 0.25) is 5.91 Å². The summed E-state index contributed by atoms with van der Waals surface area (Å²) in [6, 6.07) is 25.3. The van der Waals surface area contributed by atoms with Crippen LogP contribution in [0.25, 0.3) is 27.8 Å².